The van der Waals surface area contributed by atoms with E-state index in [1.807, 2.05) is 7.05 Å². The number of hydrogen-bond donors (Lipinski definition) is 2. The maximum absolute atomic E-state index is 12.6. The molecule has 5 heteroatoms. The lowest BCUT2D eigenvalue weighted by Crippen LogP contribution is -3.08. The third kappa shape index (κ3) is 3.92. The van der Waals surface area contributed by atoms with Crippen LogP contribution in [0.25, 0.3) is 0 Å². The number of rotatable bonds is 6. The third-order valence-corrected chi connectivity index (χ3v) is 4.19. The lowest BCUT2D eigenvalue weighted by atomic mass is 10.1. The van der Waals surface area contributed by atoms with Crippen LogP contribution < -0.4 is 4.90 Å². The Balaban J connectivity index is 2.09. The van der Waals surface area contributed by atoms with Crippen LogP contribution in [0.4, 0.5) is 0 Å². The minimum atomic E-state index is -0.416. The molecule has 0 saturated heterocycles. The van der Waals surface area contributed by atoms with E-state index in [4.69, 9.17) is 4.74 Å². The number of H-pyrrole nitrogens is 1. The Morgan fingerprint density at radius 1 is 1.12 bits per heavy atom. The highest BCUT2D eigenvalue weighted by Gasteiger charge is 2.24. The molecule has 1 heterocycles. The quantitative estimate of drug-likeness (QED) is 0.625. The van der Waals surface area contributed by atoms with Crippen LogP contribution in [-0.4, -0.2) is 37.4 Å². The number of ether oxygens (including phenoxy) is 1. The summed E-state index contributed by atoms with van der Waals surface area (Å²) in [7, 11) is 3.33. The molecule has 1 atom stereocenters. The van der Waals surface area contributed by atoms with Crippen LogP contribution in [0.15, 0.2) is 24.3 Å². The molecule has 0 fully saturated rings. The molecule has 2 aromatic rings. The van der Waals surface area contributed by atoms with Crippen molar-refractivity contribution in [3.63, 3.8) is 0 Å². The normalized spacial score (nSPS) is 12.0. The number of aryl methyl sites for hydroxylation is 2. The molecule has 24 heavy (non-hydrogen) atoms. The van der Waals surface area contributed by atoms with Crippen LogP contribution in [0.3, 0.4) is 0 Å². The lowest BCUT2D eigenvalue weighted by molar-refractivity contribution is -0.884. The number of nitrogens with one attached hydrogen (secondary N) is 2. The van der Waals surface area contributed by atoms with Crippen molar-refractivity contribution in [2.24, 2.45) is 0 Å². The van der Waals surface area contributed by atoms with Gasteiger partial charge in [0.25, 0.3) is 0 Å². The van der Waals surface area contributed by atoms with E-state index in [0.717, 1.165) is 11.4 Å². The van der Waals surface area contributed by atoms with Gasteiger partial charge in [-0.2, -0.15) is 0 Å². The van der Waals surface area contributed by atoms with Gasteiger partial charge >= 0.3 is 5.97 Å². The summed E-state index contributed by atoms with van der Waals surface area (Å²) < 4.78 is 4.79. The maximum Gasteiger partial charge on any atom is 0.339 e. The average molecular weight is 329 g/mol. The Labute approximate surface area is 142 Å². The van der Waals surface area contributed by atoms with Crippen molar-refractivity contribution in [2.45, 2.75) is 27.3 Å². The minimum Gasteiger partial charge on any atom is -0.465 e. The zero-order chi connectivity index (χ0) is 17.9. The first kappa shape index (κ1) is 17.9. The first-order chi connectivity index (χ1) is 11.3. The van der Waals surface area contributed by atoms with Gasteiger partial charge in [0, 0.05) is 11.3 Å². The second-order valence-electron chi connectivity index (χ2n) is 6.34. The maximum atomic E-state index is 12.6. The summed E-state index contributed by atoms with van der Waals surface area (Å²) in [6.07, 6.45) is 0. The van der Waals surface area contributed by atoms with Crippen LogP contribution in [-0.2, 0) is 11.3 Å². The lowest BCUT2D eigenvalue weighted by Gasteiger charge is -2.13. The number of esters is 1. The van der Waals surface area contributed by atoms with E-state index in [1.54, 1.807) is 13.8 Å². The van der Waals surface area contributed by atoms with Crippen LogP contribution in [0.1, 0.15) is 43.2 Å². The summed E-state index contributed by atoms with van der Waals surface area (Å²) in [6.45, 7) is 6.74. The predicted molar refractivity (Wildman–Crippen MR) is 92.6 cm³/mol. The molecule has 0 spiro atoms. The Kier molecular flexibility index (Phi) is 5.57. The number of aromatic nitrogens is 1. The number of likely N-dealkylation sites (N-methyl/N-ethyl adjacent to an activating group) is 1. The fourth-order valence-corrected chi connectivity index (χ4v) is 2.92. The zero-order valence-corrected chi connectivity index (χ0v) is 14.9. The molecule has 2 rings (SSSR count). The molecule has 0 amide bonds. The molecule has 0 aliphatic rings. The number of carbonyl (C=O) groups excluding carboxylic acids is 2. The van der Waals surface area contributed by atoms with Crippen molar-refractivity contribution in [3.8, 4) is 0 Å². The first-order valence-electron chi connectivity index (χ1n) is 8.01. The SMILES string of the molecule is COC(=O)c1c(C)[nH]c(C(=O)C[NH+](C)Cc2ccc(C)cc2)c1C. The highest BCUT2D eigenvalue weighted by molar-refractivity contribution is 6.01. The van der Waals surface area contributed by atoms with Gasteiger partial charge in [0.1, 0.15) is 13.1 Å². The Morgan fingerprint density at radius 3 is 2.33 bits per heavy atom. The van der Waals surface area contributed by atoms with Gasteiger partial charge in [0.15, 0.2) is 0 Å². The summed E-state index contributed by atoms with van der Waals surface area (Å²) in [6, 6.07) is 8.32. The number of Topliss-reactive ketones (excluding diaryl/α,β-unsaturated/α-hetero) is 1. The van der Waals surface area contributed by atoms with E-state index in [-0.39, 0.29) is 5.78 Å². The topological polar surface area (TPSA) is 63.6 Å². The molecule has 0 bridgehead atoms. The average Bonchev–Trinajstić information content (AvgIpc) is 2.83. The van der Waals surface area contributed by atoms with E-state index in [2.05, 4.69) is 36.2 Å². The van der Waals surface area contributed by atoms with E-state index in [1.165, 1.54) is 18.2 Å². The fraction of sp³-hybridized carbons (Fsp3) is 0.368. The Bertz CT molecular complexity index is 745. The van der Waals surface area contributed by atoms with E-state index in [9.17, 15) is 9.59 Å². The highest BCUT2D eigenvalue weighted by atomic mass is 16.5. The predicted octanol–water partition coefficient (Wildman–Crippen LogP) is 1.62. The molecule has 5 nitrogen and oxygen atoms in total. The van der Waals surface area contributed by atoms with Gasteiger partial charge in [0.05, 0.1) is 25.4 Å². The molecule has 2 N–H and O–H groups in total. The van der Waals surface area contributed by atoms with Crippen molar-refractivity contribution in [2.75, 3.05) is 20.7 Å². The van der Waals surface area contributed by atoms with Crippen molar-refractivity contribution in [1.82, 2.24) is 4.98 Å². The number of quaternary nitrogens is 1. The molecular weight excluding hydrogens is 304 g/mol. The highest BCUT2D eigenvalue weighted by Crippen LogP contribution is 2.19. The Hall–Kier alpha value is -2.40. The fourth-order valence-electron chi connectivity index (χ4n) is 2.92. The molecule has 0 saturated carbocycles. The Morgan fingerprint density at radius 2 is 1.75 bits per heavy atom. The minimum absolute atomic E-state index is 0.00429. The van der Waals surface area contributed by atoms with E-state index < -0.39 is 5.97 Å². The van der Waals surface area contributed by atoms with Gasteiger partial charge in [-0.1, -0.05) is 29.8 Å². The molecule has 1 aromatic heterocycles. The van der Waals surface area contributed by atoms with Crippen LogP contribution in [0, 0.1) is 20.8 Å². The summed E-state index contributed by atoms with van der Waals surface area (Å²) in [5, 5.41) is 0. The number of benzene rings is 1. The van der Waals surface area contributed by atoms with Crippen molar-refractivity contribution in [3.05, 3.63) is 57.9 Å². The van der Waals surface area contributed by atoms with Gasteiger partial charge in [-0.25, -0.2) is 4.79 Å². The summed E-state index contributed by atoms with van der Waals surface area (Å²) in [4.78, 5) is 28.5. The second kappa shape index (κ2) is 7.45. The van der Waals surface area contributed by atoms with Crippen LogP contribution in [0.5, 0.6) is 0 Å². The van der Waals surface area contributed by atoms with Gasteiger partial charge < -0.3 is 14.6 Å². The molecule has 128 valence electrons. The third-order valence-electron chi connectivity index (χ3n) is 4.19. The standard InChI is InChI=1S/C19H24N2O3/c1-12-6-8-15(9-7-12)10-21(4)11-16(22)18-13(2)17(14(3)20-18)19(23)24-5/h6-9,20H,10-11H2,1-5H3/p+1. The van der Waals surface area contributed by atoms with Crippen LogP contribution in [0.2, 0.25) is 0 Å². The molecule has 0 aliphatic heterocycles. The summed E-state index contributed by atoms with van der Waals surface area (Å²) in [5.41, 5.74) is 4.69. The largest absolute Gasteiger partial charge is 0.465 e. The summed E-state index contributed by atoms with van der Waals surface area (Å²) >= 11 is 0. The number of hydrogen-bond acceptors (Lipinski definition) is 3. The van der Waals surface area contributed by atoms with Gasteiger partial charge in [-0.05, 0) is 26.3 Å². The van der Waals surface area contributed by atoms with E-state index in [0.29, 0.717) is 29.1 Å². The molecule has 1 aromatic carbocycles. The zero-order valence-electron chi connectivity index (χ0n) is 14.9. The molecular formula is C19H25N2O3+. The molecule has 1 unspecified atom stereocenters. The number of methoxy groups -OCH3 is 1. The van der Waals surface area contributed by atoms with Gasteiger partial charge in [-0.15, -0.1) is 0 Å². The monoisotopic (exact) mass is 329 g/mol. The number of aromatic amines is 1. The second-order valence-corrected chi connectivity index (χ2v) is 6.34. The van der Waals surface area contributed by atoms with Gasteiger partial charge in [0.2, 0.25) is 5.78 Å². The van der Waals surface area contributed by atoms with Crippen molar-refractivity contribution in [1.29, 1.82) is 0 Å². The smallest absolute Gasteiger partial charge is 0.339 e. The van der Waals surface area contributed by atoms with E-state index >= 15 is 0 Å². The molecule has 0 aliphatic carbocycles. The van der Waals surface area contributed by atoms with Crippen molar-refractivity contribution >= 4 is 11.8 Å². The number of ketones is 1. The van der Waals surface area contributed by atoms with Gasteiger partial charge in [-0.3, -0.25) is 4.79 Å². The van der Waals surface area contributed by atoms with Crippen molar-refractivity contribution < 1.29 is 19.2 Å². The molecule has 0 radical (unpaired) electrons. The summed E-state index contributed by atoms with van der Waals surface area (Å²) in [5.74, 6) is -0.420. The number of carbonyl (C=O) groups is 2. The van der Waals surface area contributed by atoms with Crippen LogP contribution >= 0.6 is 0 Å². The first-order valence-corrected chi connectivity index (χ1v) is 8.01.